The van der Waals surface area contributed by atoms with Gasteiger partial charge in [-0.2, -0.15) is 0 Å². The summed E-state index contributed by atoms with van der Waals surface area (Å²) in [5, 5.41) is 0. The molecule has 0 unspecified atom stereocenters. The third-order valence-corrected chi connectivity index (χ3v) is 4.76. The molecule has 5 heteroatoms. The molecule has 0 saturated carbocycles. The maximum Gasteiger partial charge on any atom is 0.496 e. The second kappa shape index (κ2) is 4.96. The van der Waals surface area contributed by atoms with E-state index in [1.54, 1.807) is 11.8 Å². The van der Waals surface area contributed by atoms with E-state index in [4.69, 9.17) is 9.31 Å². The Balaban J connectivity index is 2.42. The zero-order valence-corrected chi connectivity index (χ0v) is 13.0. The lowest BCUT2D eigenvalue weighted by molar-refractivity contribution is 0.00578. The van der Waals surface area contributed by atoms with Crippen LogP contribution in [0.5, 0.6) is 0 Å². The van der Waals surface area contributed by atoms with Crippen molar-refractivity contribution in [2.24, 2.45) is 4.99 Å². The summed E-state index contributed by atoms with van der Waals surface area (Å²) in [6, 6.07) is 5.94. The first kappa shape index (κ1) is 14.6. The summed E-state index contributed by atoms with van der Waals surface area (Å²) in [4.78, 5) is 5.13. The molecule has 0 aromatic heterocycles. The van der Waals surface area contributed by atoms with Crippen molar-refractivity contribution in [2.75, 3.05) is 6.26 Å². The molecule has 0 bridgehead atoms. The molecule has 0 radical (unpaired) electrons. The van der Waals surface area contributed by atoms with Gasteiger partial charge in [0.05, 0.1) is 16.9 Å². The van der Waals surface area contributed by atoms with Crippen LogP contribution in [0.25, 0.3) is 0 Å². The molecule has 102 valence electrons. The van der Waals surface area contributed by atoms with E-state index in [-0.39, 0.29) is 18.3 Å². The Morgan fingerprint density at radius 1 is 1.16 bits per heavy atom. The molecule has 0 atom stereocenters. The van der Waals surface area contributed by atoms with Crippen molar-refractivity contribution < 1.29 is 9.31 Å². The Morgan fingerprint density at radius 3 is 2.21 bits per heavy atom. The smallest absolute Gasteiger partial charge is 0.399 e. The monoisotopic (exact) mass is 277 g/mol. The average molecular weight is 277 g/mol. The van der Waals surface area contributed by atoms with E-state index in [2.05, 4.69) is 39.4 Å². The number of nitrogens with zero attached hydrogens (tertiary/aromatic N) is 1. The fourth-order valence-corrected chi connectivity index (χ4v) is 2.79. The van der Waals surface area contributed by atoms with Gasteiger partial charge in [0.1, 0.15) is 0 Å². The van der Waals surface area contributed by atoms with Crippen LogP contribution < -0.4 is 5.46 Å². The van der Waals surface area contributed by atoms with Gasteiger partial charge in [-0.1, -0.05) is 12.1 Å². The van der Waals surface area contributed by atoms with E-state index >= 15 is 0 Å². The Labute approximate surface area is 119 Å². The third-order valence-electron chi connectivity index (χ3n) is 3.91. The zero-order chi connectivity index (χ0) is 14.3. The molecular weight excluding hydrogens is 257 g/mol. The van der Waals surface area contributed by atoms with Crippen LogP contribution in [-0.4, -0.2) is 31.3 Å². The van der Waals surface area contributed by atoms with Crippen LogP contribution in [0.3, 0.4) is 0 Å². The molecule has 1 aromatic carbocycles. The van der Waals surface area contributed by atoms with E-state index in [0.717, 1.165) is 16.0 Å². The van der Waals surface area contributed by atoms with Crippen LogP contribution in [-0.2, 0) is 9.31 Å². The fraction of sp³-hybridized carbons (Fsp3) is 0.500. The molecule has 1 aliphatic heterocycles. The summed E-state index contributed by atoms with van der Waals surface area (Å²) in [6.07, 6.45) is 2.03. The minimum atomic E-state index is -0.353. The molecule has 0 aliphatic carbocycles. The van der Waals surface area contributed by atoms with Crippen LogP contribution in [0.4, 0.5) is 5.69 Å². The molecule has 0 N–H and O–H groups in total. The highest BCUT2D eigenvalue weighted by Gasteiger charge is 2.52. The molecular formula is C14H20BNO2S. The summed E-state index contributed by atoms with van der Waals surface area (Å²) in [7, 11) is -0.353. The highest BCUT2D eigenvalue weighted by Crippen LogP contribution is 2.38. The summed E-state index contributed by atoms with van der Waals surface area (Å²) in [6.45, 7) is 11.8. The molecule has 2 rings (SSSR count). The van der Waals surface area contributed by atoms with Gasteiger partial charge in [-0.05, 0) is 52.2 Å². The minimum absolute atomic E-state index is 0.328. The Kier molecular flexibility index (Phi) is 3.82. The molecule has 0 spiro atoms. The summed E-state index contributed by atoms with van der Waals surface area (Å²) in [5.74, 6) is 0. The van der Waals surface area contributed by atoms with Crippen LogP contribution >= 0.6 is 11.8 Å². The number of hydrogen-bond acceptors (Lipinski definition) is 4. The lowest BCUT2D eigenvalue weighted by atomic mass is 9.79. The maximum atomic E-state index is 6.09. The highest BCUT2D eigenvalue weighted by molar-refractivity contribution is 7.99. The predicted octanol–water partition coefficient (Wildman–Crippen LogP) is 3.04. The van der Waals surface area contributed by atoms with Crippen molar-refractivity contribution in [2.45, 2.75) is 43.8 Å². The molecule has 3 nitrogen and oxygen atoms in total. The van der Waals surface area contributed by atoms with Crippen molar-refractivity contribution in [3.05, 3.63) is 18.2 Å². The number of aliphatic imine (C=N–C) groups is 1. The van der Waals surface area contributed by atoms with Crippen LogP contribution in [0.15, 0.2) is 28.1 Å². The Bertz CT molecular complexity index is 486. The second-order valence-corrected chi connectivity index (χ2v) is 6.46. The largest absolute Gasteiger partial charge is 0.496 e. The van der Waals surface area contributed by atoms with Crippen molar-refractivity contribution in [1.29, 1.82) is 0 Å². The van der Waals surface area contributed by atoms with Crippen LogP contribution in [0, 0.1) is 0 Å². The lowest BCUT2D eigenvalue weighted by Gasteiger charge is -2.32. The van der Waals surface area contributed by atoms with Crippen molar-refractivity contribution in [3.8, 4) is 0 Å². The topological polar surface area (TPSA) is 30.8 Å². The number of rotatable bonds is 3. The van der Waals surface area contributed by atoms with Crippen molar-refractivity contribution in [3.63, 3.8) is 0 Å². The van der Waals surface area contributed by atoms with Gasteiger partial charge in [0.2, 0.25) is 0 Å². The van der Waals surface area contributed by atoms with Crippen LogP contribution in [0.2, 0.25) is 0 Å². The molecule has 0 amide bonds. The van der Waals surface area contributed by atoms with Crippen LogP contribution in [0.1, 0.15) is 27.7 Å². The van der Waals surface area contributed by atoms with E-state index in [1.165, 1.54) is 0 Å². The minimum Gasteiger partial charge on any atom is -0.399 e. The van der Waals surface area contributed by atoms with E-state index < -0.39 is 0 Å². The summed E-state index contributed by atoms with van der Waals surface area (Å²) in [5.41, 5.74) is 1.24. The first-order valence-electron chi connectivity index (χ1n) is 6.31. The third kappa shape index (κ3) is 2.47. The molecule has 1 heterocycles. The van der Waals surface area contributed by atoms with Gasteiger partial charge in [0, 0.05) is 4.90 Å². The molecule has 1 aromatic rings. The molecule has 1 aliphatic rings. The first-order chi connectivity index (χ1) is 8.82. The zero-order valence-electron chi connectivity index (χ0n) is 12.2. The van der Waals surface area contributed by atoms with Crippen molar-refractivity contribution >= 4 is 36.7 Å². The molecule has 1 fully saturated rings. The standard InChI is InChI=1S/C14H20BNO2S/c1-13(2)14(3,4)18-15(17-13)10-8-7-9-11(16-5)12(10)19-6/h7-9H,5H2,1-4,6H3. The van der Waals surface area contributed by atoms with Gasteiger partial charge in [0.25, 0.3) is 0 Å². The maximum absolute atomic E-state index is 6.09. The number of benzene rings is 1. The van der Waals surface area contributed by atoms with Gasteiger partial charge in [0.15, 0.2) is 0 Å². The van der Waals surface area contributed by atoms with Gasteiger partial charge >= 0.3 is 7.12 Å². The van der Waals surface area contributed by atoms with E-state index in [0.29, 0.717) is 0 Å². The Hall–Kier alpha value is -0.775. The quantitative estimate of drug-likeness (QED) is 0.483. The molecule has 1 saturated heterocycles. The second-order valence-electron chi connectivity index (χ2n) is 5.65. The van der Waals surface area contributed by atoms with Gasteiger partial charge < -0.3 is 9.31 Å². The number of hydrogen-bond donors (Lipinski definition) is 0. The molecule has 19 heavy (non-hydrogen) atoms. The summed E-state index contributed by atoms with van der Waals surface area (Å²) < 4.78 is 12.2. The van der Waals surface area contributed by atoms with E-state index in [9.17, 15) is 0 Å². The lowest BCUT2D eigenvalue weighted by Crippen LogP contribution is -2.41. The highest BCUT2D eigenvalue weighted by atomic mass is 32.2. The first-order valence-corrected chi connectivity index (χ1v) is 7.54. The summed E-state index contributed by atoms with van der Waals surface area (Å²) >= 11 is 1.64. The predicted molar refractivity (Wildman–Crippen MR) is 83.1 cm³/mol. The van der Waals surface area contributed by atoms with Gasteiger partial charge in [-0.15, -0.1) is 11.8 Å². The van der Waals surface area contributed by atoms with Crippen molar-refractivity contribution in [1.82, 2.24) is 0 Å². The Morgan fingerprint density at radius 2 is 1.74 bits per heavy atom. The van der Waals surface area contributed by atoms with E-state index in [1.807, 2.05) is 24.5 Å². The normalized spacial score (nSPS) is 20.6. The van der Waals surface area contributed by atoms with Gasteiger partial charge in [-0.25, -0.2) is 0 Å². The van der Waals surface area contributed by atoms with Gasteiger partial charge in [-0.3, -0.25) is 4.99 Å². The fourth-order valence-electron chi connectivity index (χ4n) is 2.04. The number of thioether (sulfide) groups is 1. The SMILES string of the molecule is C=Nc1cccc(B2OC(C)(C)C(C)(C)O2)c1SC. The average Bonchev–Trinajstić information content (AvgIpc) is 2.57.